The molecular weight excluding hydrogens is 564 g/mol. The maximum Gasteiger partial charge on any atom is 0.371 e. The monoisotopic (exact) mass is 580 g/mol. The zero-order valence-corrected chi connectivity index (χ0v) is 20.4. The molecule has 0 aliphatic heterocycles. The third kappa shape index (κ3) is 7.09. The van der Waals surface area contributed by atoms with Gasteiger partial charge in [-0.1, -0.05) is 15.9 Å². The van der Waals surface area contributed by atoms with Crippen LogP contribution in [0, 0.1) is 0 Å². The van der Waals surface area contributed by atoms with E-state index in [1.165, 1.54) is 25.5 Å². The Hall–Kier alpha value is -3.31. The molecule has 0 fully saturated rings. The fourth-order valence-electron chi connectivity index (χ4n) is 2.55. The third-order valence-electron chi connectivity index (χ3n) is 4.09. The van der Waals surface area contributed by atoms with E-state index in [1.807, 2.05) is 6.07 Å². The van der Waals surface area contributed by atoms with Crippen molar-refractivity contribution in [3.05, 3.63) is 74.6 Å². The van der Waals surface area contributed by atoms with Gasteiger partial charge in [-0.2, -0.15) is 5.10 Å². The van der Waals surface area contributed by atoms with Crippen LogP contribution < -0.4 is 19.6 Å². The summed E-state index contributed by atoms with van der Waals surface area (Å²) in [5.41, 5.74) is 3.05. The second-order valence-electron chi connectivity index (χ2n) is 6.43. The number of aromatic carboxylic acids is 1. The Balaban J connectivity index is 1.52. The van der Waals surface area contributed by atoms with Crippen LogP contribution in [-0.2, 0) is 11.4 Å². The van der Waals surface area contributed by atoms with Gasteiger partial charge >= 0.3 is 5.97 Å². The quantitative estimate of drug-likeness (QED) is 0.265. The van der Waals surface area contributed by atoms with Crippen LogP contribution in [0.1, 0.15) is 21.9 Å². The molecule has 0 unspecified atom stereocenters. The number of furan rings is 1. The molecule has 1 amide bonds. The summed E-state index contributed by atoms with van der Waals surface area (Å²) in [5, 5.41) is 12.8. The standard InChI is InChI=1S/C22H18Br2N2O7/c1-30-20-8-13(2-5-18(20)31-11-15-4-7-19(33-15)22(28)29)10-25-26-21(27)12-32-17-6-3-14(23)9-16(17)24/h2-10H,11-12H2,1H3,(H,26,27)(H,28,29)/b25-10+. The Morgan fingerprint density at radius 1 is 1.06 bits per heavy atom. The highest BCUT2D eigenvalue weighted by Crippen LogP contribution is 2.29. The molecule has 0 bridgehead atoms. The molecule has 2 N–H and O–H groups in total. The topological polar surface area (TPSA) is 120 Å². The number of rotatable bonds is 10. The number of carboxylic acid groups (broad SMARTS) is 1. The smallest absolute Gasteiger partial charge is 0.371 e. The molecule has 0 radical (unpaired) electrons. The molecule has 2 aromatic carbocycles. The molecule has 0 saturated heterocycles. The highest BCUT2D eigenvalue weighted by molar-refractivity contribution is 9.11. The number of nitrogens with zero attached hydrogens (tertiary/aromatic N) is 1. The molecule has 3 aromatic rings. The van der Waals surface area contributed by atoms with Gasteiger partial charge in [0, 0.05) is 4.47 Å². The highest BCUT2D eigenvalue weighted by atomic mass is 79.9. The van der Waals surface area contributed by atoms with Crippen molar-refractivity contribution >= 4 is 50.0 Å². The molecular formula is C22H18Br2N2O7. The minimum atomic E-state index is -1.15. The Labute approximate surface area is 205 Å². The van der Waals surface area contributed by atoms with Crippen molar-refractivity contribution in [2.45, 2.75) is 6.61 Å². The maximum absolute atomic E-state index is 12.0. The molecule has 0 aliphatic rings. The SMILES string of the molecule is COc1cc(/C=N/NC(=O)COc2ccc(Br)cc2Br)ccc1OCc1ccc(C(=O)O)o1. The largest absolute Gasteiger partial charge is 0.493 e. The fourth-order valence-corrected chi connectivity index (χ4v) is 3.71. The predicted molar refractivity (Wildman–Crippen MR) is 126 cm³/mol. The highest BCUT2D eigenvalue weighted by Gasteiger charge is 2.11. The summed E-state index contributed by atoms with van der Waals surface area (Å²) in [5.74, 6) is 0.0178. The Morgan fingerprint density at radius 3 is 2.55 bits per heavy atom. The number of nitrogens with one attached hydrogen (secondary N) is 1. The molecule has 3 rings (SSSR count). The summed E-state index contributed by atoms with van der Waals surface area (Å²) >= 11 is 6.71. The van der Waals surface area contributed by atoms with E-state index in [0.717, 1.165) is 8.95 Å². The van der Waals surface area contributed by atoms with Gasteiger partial charge in [-0.25, -0.2) is 10.2 Å². The number of hydrogen-bond donors (Lipinski definition) is 2. The lowest BCUT2D eigenvalue weighted by atomic mass is 10.2. The zero-order chi connectivity index (χ0) is 23.8. The van der Waals surface area contributed by atoms with Crippen LogP contribution in [0.15, 0.2) is 67.0 Å². The van der Waals surface area contributed by atoms with Gasteiger partial charge in [0.15, 0.2) is 18.1 Å². The number of hydrogen-bond acceptors (Lipinski definition) is 7. The normalized spacial score (nSPS) is 10.8. The van der Waals surface area contributed by atoms with Crippen LogP contribution in [0.5, 0.6) is 17.2 Å². The summed E-state index contributed by atoms with van der Waals surface area (Å²) in [4.78, 5) is 22.8. The van der Waals surface area contributed by atoms with Crippen LogP contribution in [0.3, 0.4) is 0 Å². The van der Waals surface area contributed by atoms with E-state index in [4.69, 9.17) is 23.7 Å². The maximum atomic E-state index is 12.0. The first-order valence-corrected chi connectivity index (χ1v) is 11.0. The summed E-state index contributed by atoms with van der Waals surface area (Å²) in [6.45, 7) is -0.175. The summed E-state index contributed by atoms with van der Waals surface area (Å²) < 4.78 is 23.2. The predicted octanol–water partition coefficient (Wildman–Crippen LogP) is 4.62. The summed E-state index contributed by atoms with van der Waals surface area (Å²) in [7, 11) is 1.48. The molecule has 0 spiro atoms. The van der Waals surface area contributed by atoms with Crippen molar-refractivity contribution in [1.82, 2.24) is 5.43 Å². The lowest BCUT2D eigenvalue weighted by Crippen LogP contribution is -2.24. The molecule has 33 heavy (non-hydrogen) atoms. The van der Waals surface area contributed by atoms with E-state index < -0.39 is 11.9 Å². The van der Waals surface area contributed by atoms with Crippen molar-refractivity contribution in [2.75, 3.05) is 13.7 Å². The first kappa shape index (κ1) is 24.3. The molecule has 0 saturated carbocycles. The van der Waals surface area contributed by atoms with E-state index in [2.05, 4.69) is 42.4 Å². The first-order chi connectivity index (χ1) is 15.9. The Bertz CT molecular complexity index is 1180. The molecule has 1 aromatic heterocycles. The van der Waals surface area contributed by atoms with Crippen molar-refractivity contribution < 1.29 is 33.3 Å². The molecule has 0 aliphatic carbocycles. The van der Waals surface area contributed by atoms with E-state index in [1.54, 1.807) is 30.3 Å². The molecule has 9 nitrogen and oxygen atoms in total. The van der Waals surface area contributed by atoms with E-state index in [0.29, 0.717) is 28.6 Å². The van der Waals surface area contributed by atoms with Crippen molar-refractivity contribution in [1.29, 1.82) is 0 Å². The van der Waals surface area contributed by atoms with Gasteiger partial charge in [-0.05, 0) is 70.0 Å². The second-order valence-corrected chi connectivity index (χ2v) is 8.20. The van der Waals surface area contributed by atoms with Crippen LogP contribution in [0.2, 0.25) is 0 Å². The summed E-state index contributed by atoms with van der Waals surface area (Å²) in [6.07, 6.45) is 1.45. The van der Waals surface area contributed by atoms with E-state index >= 15 is 0 Å². The van der Waals surface area contributed by atoms with Crippen LogP contribution in [0.25, 0.3) is 0 Å². The number of methoxy groups -OCH3 is 1. The van der Waals surface area contributed by atoms with Gasteiger partial charge in [0.05, 0.1) is 17.8 Å². The van der Waals surface area contributed by atoms with Crippen molar-refractivity contribution in [2.24, 2.45) is 5.10 Å². The van der Waals surface area contributed by atoms with E-state index in [9.17, 15) is 9.59 Å². The minimum absolute atomic E-state index is 0.0294. The van der Waals surface area contributed by atoms with Gasteiger partial charge in [-0.3, -0.25) is 4.79 Å². The lowest BCUT2D eigenvalue weighted by Gasteiger charge is -2.10. The number of ether oxygens (including phenoxy) is 3. The van der Waals surface area contributed by atoms with E-state index in [-0.39, 0.29) is 19.0 Å². The number of carboxylic acids is 1. The number of benzene rings is 2. The fraction of sp³-hybridized carbons (Fsp3) is 0.136. The molecule has 0 atom stereocenters. The number of amides is 1. The van der Waals surface area contributed by atoms with Gasteiger partial charge in [-0.15, -0.1) is 0 Å². The van der Waals surface area contributed by atoms with Gasteiger partial charge in [0.1, 0.15) is 18.1 Å². The number of hydrazone groups is 1. The van der Waals surface area contributed by atoms with Gasteiger partial charge in [0.2, 0.25) is 5.76 Å². The van der Waals surface area contributed by atoms with Gasteiger partial charge < -0.3 is 23.7 Å². The minimum Gasteiger partial charge on any atom is -0.493 e. The Morgan fingerprint density at radius 2 is 1.85 bits per heavy atom. The molecule has 11 heteroatoms. The van der Waals surface area contributed by atoms with Crippen LogP contribution in [0.4, 0.5) is 0 Å². The number of halogens is 2. The third-order valence-corrected chi connectivity index (χ3v) is 5.20. The van der Waals surface area contributed by atoms with Crippen LogP contribution >= 0.6 is 31.9 Å². The number of carbonyl (C=O) groups is 2. The van der Waals surface area contributed by atoms with Crippen molar-refractivity contribution in [3.63, 3.8) is 0 Å². The summed E-state index contributed by atoms with van der Waals surface area (Å²) in [6, 6.07) is 13.3. The zero-order valence-electron chi connectivity index (χ0n) is 17.2. The molecule has 172 valence electrons. The average Bonchev–Trinajstić information content (AvgIpc) is 3.27. The lowest BCUT2D eigenvalue weighted by molar-refractivity contribution is -0.123. The molecule has 1 heterocycles. The van der Waals surface area contributed by atoms with Crippen molar-refractivity contribution in [3.8, 4) is 17.2 Å². The Kier molecular flexibility index (Phi) is 8.50. The number of carbonyl (C=O) groups excluding carboxylic acids is 1. The van der Waals surface area contributed by atoms with Crippen LogP contribution in [-0.4, -0.2) is 36.9 Å². The van der Waals surface area contributed by atoms with Gasteiger partial charge in [0.25, 0.3) is 5.91 Å². The second kappa shape index (κ2) is 11.5. The average molecular weight is 582 g/mol. The first-order valence-electron chi connectivity index (χ1n) is 9.38.